The Bertz CT molecular complexity index is 686. The van der Waals surface area contributed by atoms with E-state index in [0.29, 0.717) is 5.56 Å². The standard InChI is InChI=1S/C12H14FN3O3S/c1-8(9-3-4-11(19-2)10(13)5-9)16-20(17,18)12-6-14-7-15-12/h3-8,16H,1-2H3,(H,14,15). The zero-order chi connectivity index (χ0) is 14.8. The summed E-state index contributed by atoms with van der Waals surface area (Å²) < 4.78 is 44.8. The number of benzene rings is 1. The Morgan fingerprint density at radius 3 is 2.75 bits per heavy atom. The van der Waals surface area contributed by atoms with Crippen LogP contribution in [0.25, 0.3) is 0 Å². The van der Waals surface area contributed by atoms with Crippen LogP contribution in [-0.4, -0.2) is 25.5 Å². The van der Waals surface area contributed by atoms with Crippen molar-refractivity contribution in [3.8, 4) is 5.75 Å². The Labute approximate surface area is 116 Å². The number of imidazole rings is 1. The molecule has 1 aromatic carbocycles. The number of methoxy groups -OCH3 is 1. The van der Waals surface area contributed by atoms with Gasteiger partial charge in [-0.2, -0.15) is 0 Å². The van der Waals surface area contributed by atoms with E-state index in [0.717, 1.165) is 0 Å². The van der Waals surface area contributed by atoms with Crippen LogP contribution < -0.4 is 9.46 Å². The lowest BCUT2D eigenvalue weighted by Crippen LogP contribution is -2.27. The Balaban J connectivity index is 2.20. The third kappa shape index (κ3) is 2.97. The number of sulfonamides is 1. The van der Waals surface area contributed by atoms with Crippen LogP contribution in [0.5, 0.6) is 5.75 Å². The van der Waals surface area contributed by atoms with E-state index in [1.807, 2.05) is 0 Å². The fourth-order valence-corrected chi connectivity index (χ4v) is 2.84. The summed E-state index contributed by atoms with van der Waals surface area (Å²) in [7, 11) is -2.35. The third-order valence-electron chi connectivity index (χ3n) is 2.77. The predicted molar refractivity (Wildman–Crippen MR) is 70.3 cm³/mol. The van der Waals surface area contributed by atoms with E-state index in [9.17, 15) is 12.8 Å². The van der Waals surface area contributed by atoms with E-state index >= 15 is 0 Å². The molecule has 0 aliphatic heterocycles. The van der Waals surface area contributed by atoms with Crippen molar-refractivity contribution in [3.05, 3.63) is 42.1 Å². The predicted octanol–water partition coefficient (Wildman–Crippen LogP) is 1.60. The maximum absolute atomic E-state index is 13.6. The van der Waals surface area contributed by atoms with Gasteiger partial charge in [0.15, 0.2) is 16.6 Å². The lowest BCUT2D eigenvalue weighted by atomic mass is 10.1. The molecule has 1 atom stereocenters. The number of nitrogens with zero attached hydrogens (tertiary/aromatic N) is 1. The lowest BCUT2D eigenvalue weighted by Gasteiger charge is -2.14. The SMILES string of the molecule is COc1ccc(C(C)NS(=O)(=O)c2cnc[nH]2)cc1F. The average molecular weight is 299 g/mol. The average Bonchev–Trinajstić information content (AvgIpc) is 2.92. The van der Waals surface area contributed by atoms with E-state index in [-0.39, 0.29) is 10.8 Å². The number of aromatic nitrogens is 2. The van der Waals surface area contributed by atoms with E-state index < -0.39 is 21.9 Å². The summed E-state index contributed by atoms with van der Waals surface area (Å²) >= 11 is 0. The molecule has 0 fully saturated rings. The first-order chi connectivity index (χ1) is 9.44. The molecule has 8 heteroatoms. The van der Waals surface area contributed by atoms with Gasteiger partial charge in [-0.3, -0.25) is 0 Å². The molecular weight excluding hydrogens is 285 g/mol. The molecule has 0 radical (unpaired) electrons. The van der Waals surface area contributed by atoms with Crippen molar-refractivity contribution in [3.63, 3.8) is 0 Å². The maximum atomic E-state index is 13.6. The number of H-pyrrole nitrogens is 1. The molecule has 1 heterocycles. The van der Waals surface area contributed by atoms with Gasteiger partial charge in [-0.25, -0.2) is 22.5 Å². The van der Waals surface area contributed by atoms with Gasteiger partial charge in [0.1, 0.15) is 0 Å². The van der Waals surface area contributed by atoms with Crippen molar-refractivity contribution in [2.75, 3.05) is 7.11 Å². The molecule has 2 rings (SSSR count). The summed E-state index contributed by atoms with van der Waals surface area (Å²) in [5, 5.41) is -0.0432. The van der Waals surface area contributed by atoms with Gasteiger partial charge in [-0.15, -0.1) is 0 Å². The Hall–Kier alpha value is -1.93. The molecule has 1 aromatic heterocycles. The van der Waals surface area contributed by atoms with Crippen LogP contribution >= 0.6 is 0 Å². The number of rotatable bonds is 5. The second-order valence-electron chi connectivity index (χ2n) is 4.15. The molecule has 0 bridgehead atoms. The summed E-state index contributed by atoms with van der Waals surface area (Å²) in [6.45, 7) is 1.62. The lowest BCUT2D eigenvalue weighted by molar-refractivity contribution is 0.386. The number of hydrogen-bond donors (Lipinski definition) is 2. The minimum atomic E-state index is -3.71. The van der Waals surface area contributed by atoms with Crippen LogP contribution in [0.2, 0.25) is 0 Å². The number of halogens is 1. The molecule has 1 unspecified atom stereocenters. The summed E-state index contributed by atoms with van der Waals surface area (Å²) in [6.07, 6.45) is 2.47. The molecule has 0 saturated heterocycles. The quantitative estimate of drug-likeness (QED) is 0.878. The highest BCUT2D eigenvalue weighted by atomic mass is 32.2. The molecule has 2 aromatic rings. The van der Waals surface area contributed by atoms with Gasteiger partial charge in [0.05, 0.1) is 19.6 Å². The second kappa shape index (κ2) is 5.59. The molecule has 0 aliphatic carbocycles. The first-order valence-electron chi connectivity index (χ1n) is 5.78. The van der Waals surface area contributed by atoms with E-state index in [2.05, 4.69) is 14.7 Å². The van der Waals surface area contributed by atoms with Gasteiger partial charge in [0, 0.05) is 6.04 Å². The number of nitrogens with one attached hydrogen (secondary N) is 2. The number of aromatic amines is 1. The second-order valence-corrected chi connectivity index (χ2v) is 5.84. The van der Waals surface area contributed by atoms with Gasteiger partial charge in [-0.1, -0.05) is 6.07 Å². The van der Waals surface area contributed by atoms with Crippen LogP contribution in [0, 0.1) is 5.82 Å². The summed E-state index contributed by atoms with van der Waals surface area (Å²) in [6, 6.07) is 3.69. The highest BCUT2D eigenvalue weighted by Crippen LogP contribution is 2.22. The van der Waals surface area contributed by atoms with Gasteiger partial charge in [0.2, 0.25) is 0 Å². The number of ether oxygens (including phenoxy) is 1. The molecule has 0 saturated carbocycles. The van der Waals surface area contributed by atoms with Crippen molar-refractivity contribution in [2.45, 2.75) is 18.0 Å². The molecule has 2 N–H and O–H groups in total. The normalized spacial score (nSPS) is 13.2. The molecule has 108 valence electrons. The summed E-state index contributed by atoms with van der Waals surface area (Å²) in [4.78, 5) is 6.16. The summed E-state index contributed by atoms with van der Waals surface area (Å²) in [5.74, 6) is -0.435. The zero-order valence-corrected chi connectivity index (χ0v) is 11.7. The van der Waals surface area contributed by atoms with Crippen LogP contribution in [0.3, 0.4) is 0 Å². The van der Waals surface area contributed by atoms with Crippen molar-refractivity contribution < 1.29 is 17.5 Å². The maximum Gasteiger partial charge on any atom is 0.258 e. The molecule has 0 aliphatic rings. The van der Waals surface area contributed by atoms with E-state index in [4.69, 9.17) is 4.74 Å². The molecule has 0 amide bonds. The van der Waals surface area contributed by atoms with Crippen LogP contribution in [0.1, 0.15) is 18.5 Å². The van der Waals surface area contributed by atoms with Crippen LogP contribution in [0.4, 0.5) is 4.39 Å². The smallest absolute Gasteiger partial charge is 0.258 e. The van der Waals surface area contributed by atoms with E-state index in [1.54, 1.807) is 13.0 Å². The van der Waals surface area contributed by atoms with Crippen molar-refractivity contribution in [2.24, 2.45) is 0 Å². The van der Waals surface area contributed by atoms with Gasteiger partial charge >= 0.3 is 0 Å². The Kier molecular flexibility index (Phi) is 4.05. The first kappa shape index (κ1) is 14.5. The number of hydrogen-bond acceptors (Lipinski definition) is 4. The van der Waals surface area contributed by atoms with Gasteiger partial charge < -0.3 is 9.72 Å². The fraction of sp³-hybridized carbons (Fsp3) is 0.250. The van der Waals surface area contributed by atoms with Crippen molar-refractivity contribution in [1.82, 2.24) is 14.7 Å². The minimum Gasteiger partial charge on any atom is -0.494 e. The van der Waals surface area contributed by atoms with Crippen molar-refractivity contribution in [1.29, 1.82) is 0 Å². The van der Waals surface area contributed by atoms with Crippen LogP contribution in [-0.2, 0) is 10.0 Å². The zero-order valence-electron chi connectivity index (χ0n) is 10.9. The van der Waals surface area contributed by atoms with E-state index in [1.165, 1.54) is 31.8 Å². The third-order valence-corrected chi connectivity index (χ3v) is 4.24. The first-order valence-corrected chi connectivity index (χ1v) is 7.26. The van der Waals surface area contributed by atoms with Gasteiger partial charge in [0.25, 0.3) is 10.0 Å². The molecule has 6 nitrogen and oxygen atoms in total. The topological polar surface area (TPSA) is 84.1 Å². The Morgan fingerprint density at radius 1 is 1.45 bits per heavy atom. The molecular formula is C12H14FN3O3S. The Morgan fingerprint density at radius 2 is 2.20 bits per heavy atom. The largest absolute Gasteiger partial charge is 0.494 e. The molecule has 20 heavy (non-hydrogen) atoms. The fourth-order valence-electron chi connectivity index (χ4n) is 1.71. The highest BCUT2D eigenvalue weighted by molar-refractivity contribution is 7.89. The van der Waals surface area contributed by atoms with Crippen LogP contribution in [0.15, 0.2) is 35.7 Å². The highest BCUT2D eigenvalue weighted by Gasteiger charge is 2.20. The summed E-state index contributed by atoms with van der Waals surface area (Å²) in [5.41, 5.74) is 0.492. The molecule has 0 spiro atoms. The van der Waals surface area contributed by atoms with Crippen molar-refractivity contribution >= 4 is 10.0 Å². The monoisotopic (exact) mass is 299 g/mol. The van der Waals surface area contributed by atoms with Gasteiger partial charge in [-0.05, 0) is 24.6 Å². The minimum absolute atomic E-state index is 0.0432.